The second kappa shape index (κ2) is 6.17. The lowest BCUT2D eigenvalue weighted by atomic mass is 9.98. The largest absolute Gasteiger partial charge is 0.394 e. The van der Waals surface area contributed by atoms with Crippen molar-refractivity contribution in [1.29, 1.82) is 0 Å². The summed E-state index contributed by atoms with van der Waals surface area (Å²) in [5.41, 5.74) is 3.18. The topological polar surface area (TPSA) is 61.4 Å². The molecule has 0 aliphatic carbocycles. The van der Waals surface area contributed by atoms with Crippen molar-refractivity contribution in [1.82, 2.24) is 10.6 Å². The molecule has 1 aromatic rings. The highest BCUT2D eigenvalue weighted by Crippen LogP contribution is 2.16. The van der Waals surface area contributed by atoms with Gasteiger partial charge in [-0.05, 0) is 42.1 Å². The highest BCUT2D eigenvalue weighted by atomic mass is 16.3. The number of hydrogen-bond acceptors (Lipinski definition) is 3. The van der Waals surface area contributed by atoms with Crippen molar-refractivity contribution < 1.29 is 9.90 Å². The first-order valence-electron chi connectivity index (χ1n) is 6.86. The van der Waals surface area contributed by atoms with E-state index in [0.717, 1.165) is 19.5 Å². The van der Waals surface area contributed by atoms with E-state index in [9.17, 15) is 9.90 Å². The number of aliphatic hydroxyl groups excluding tert-OH is 1. The molecule has 0 fully saturated rings. The maximum Gasteiger partial charge on any atom is 0.251 e. The SMILES string of the molecule is CC(C)C(CO)NC(=O)c1ccc2c(c1)CNCC2. The minimum Gasteiger partial charge on any atom is -0.394 e. The van der Waals surface area contributed by atoms with Crippen LogP contribution in [0.15, 0.2) is 18.2 Å². The van der Waals surface area contributed by atoms with E-state index in [2.05, 4.69) is 10.6 Å². The number of benzene rings is 1. The molecule has 1 unspecified atom stereocenters. The van der Waals surface area contributed by atoms with Crippen molar-refractivity contribution in [2.75, 3.05) is 13.2 Å². The molecular formula is C15H22N2O2. The quantitative estimate of drug-likeness (QED) is 0.761. The Bertz CT molecular complexity index is 457. The third-order valence-electron chi connectivity index (χ3n) is 3.67. The summed E-state index contributed by atoms with van der Waals surface area (Å²) in [7, 11) is 0. The predicted molar refractivity (Wildman–Crippen MR) is 75.0 cm³/mol. The minimum atomic E-state index is -0.193. The standard InChI is InChI=1S/C15H22N2O2/c1-10(2)14(9-18)17-15(19)12-4-3-11-5-6-16-8-13(11)7-12/h3-4,7,10,14,16,18H,5-6,8-9H2,1-2H3,(H,17,19). The molecule has 1 aliphatic heterocycles. The minimum absolute atomic E-state index is 0.0318. The summed E-state index contributed by atoms with van der Waals surface area (Å²) in [5.74, 6) is 0.106. The lowest BCUT2D eigenvalue weighted by Gasteiger charge is -2.21. The number of fused-ring (bicyclic) bond motifs is 1. The van der Waals surface area contributed by atoms with Gasteiger partial charge in [0.2, 0.25) is 0 Å². The second-order valence-corrected chi connectivity index (χ2v) is 5.42. The molecule has 4 heteroatoms. The number of nitrogens with one attached hydrogen (secondary N) is 2. The Hall–Kier alpha value is -1.39. The molecule has 0 radical (unpaired) electrons. The number of amides is 1. The average Bonchev–Trinajstić information content (AvgIpc) is 2.43. The fourth-order valence-electron chi connectivity index (χ4n) is 2.30. The Labute approximate surface area is 114 Å². The Morgan fingerprint density at radius 3 is 2.89 bits per heavy atom. The zero-order valence-electron chi connectivity index (χ0n) is 11.6. The van der Waals surface area contributed by atoms with Crippen molar-refractivity contribution in [3.8, 4) is 0 Å². The lowest BCUT2D eigenvalue weighted by molar-refractivity contribution is 0.0896. The molecule has 104 valence electrons. The van der Waals surface area contributed by atoms with Gasteiger partial charge in [0.25, 0.3) is 5.91 Å². The molecular weight excluding hydrogens is 240 g/mol. The number of hydrogen-bond donors (Lipinski definition) is 3. The highest BCUT2D eigenvalue weighted by molar-refractivity contribution is 5.94. The summed E-state index contributed by atoms with van der Waals surface area (Å²) in [6.45, 7) is 5.76. The summed E-state index contributed by atoms with van der Waals surface area (Å²) in [6.07, 6.45) is 1.02. The first-order chi connectivity index (χ1) is 9.11. The van der Waals surface area contributed by atoms with Gasteiger partial charge in [0.1, 0.15) is 0 Å². The Morgan fingerprint density at radius 2 is 2.21 bits per heavy atom. The second-order valence-electron chi connectivity index (χ2n) is 5.42. The molecule has 1 aliphatic rings. The van der Waals surface area contributed by atoms with E-state index < -0.39 is 0 Å². The Kier molecular flexibility index (Phi) is 4.56. The maximum absolute atomic E-state index is 12.2. The van der Waals surface area contributed by atoms with Gasteiger partial charge in [0, 0.05) is 12.1 Å². The first kappa shape index (κ1) is 14.0. The Balaban J connectivity index is 2.11. The van der Waals surface area contributed by atoms with Crippen LogP contribution in [0, 0.1) is 5.92 Å². The van der Waals surface area contributed by atoms with Gasteiger partial charge in [-0.1, -0.05) is 19.9 Å². The fourth-order valence-corrected chi connectivity index (χ4v) is 2.30. The van der Waals surface area contributed by atoms with Gasteiger partial charge < -0.3 is 15.7 Å². The van der Waals surface area contributed by atoms with Crippen LogP contribution in [0.5, 0.6) is 0 Å². The van der Waals surface area contributed by atoms with Gasteiger partial charge in [0.15, 0.2) is 0 Å². The number of carbonyl (C=O) groups is 1. The van der Waals surface area contributed by atoms with Crippen LogP contribution < -0.4 is 10.6 Å². The third-order valence-corrected chi connectivity index (χ3v) is 3.67. The zero-order valence-corrected chi connectivity index (χ0v) is 11.6. The van der Waals surface area contributed by atoms with Crippen LogP contribution in [0.1, 0.15) is 35.3 Å². The molecule has 1 heterocycles. The summed E-state index contributed by atoms with van der Waals surface area (Å²) in [4.78, 5) is 12.2. The van der Waals surface area contributed by atoms with Crippen molar-refractivity contribution in [2.24, 2.45) is 5.92 Å². The first-order valence-corrected chi connectivity index (χ1v) is 6.86. The maximum atomic E-state index is 12.2. The molecule has 0 aromatic heterocycles. The van der Waals surface area contributed by atoms with Crippen LogP contribution in [0.4, 0.5) is 0 Å². The molecule has 0 spiro atoms. The van der Waals surface area contributed by atoms with E-state index in [4.69, 9.17) is 0 Å². The van der Waals surface area contributed by atoms with E-state index in [1.165, 1.54) is 11.1 Å². The van der Waals surface area contributed by atoms with E-state index in [1.807, 2.05) is 32.0 Å². The van der Waals surface area contributed by atoms with Crippen molar-refractivity contribution >= 4 is 5.91 Å². The number of rotatable bonds is 4. The van der Waals surface area contributed by atoms with Crippen LogP contribution in [0.25, 0.3) is 0 Å². The zero-order chi connectivity index (χ0) is 13.8. The molecule has 2 rings (SSSR count). The van der Waals surface area contributed by atoms with Crippen LogP contribution in [-0.4, -0.2) is 30.2 Å². The van der Waals surface area contributed by atoms with E-state index in [1.54, 1.807) is 0 Å². The van der Waals surface area contributed by atoms with Gasteiger partial charge in [-0.3, -0.25) is 4.79 Å². The summed E-state index contributed by atoms with van der Waals surface area (Å²) in [5, 5.41) is 15.4. The van der Waals surface area contributed by atoms with Crippen LogP contribution in [-0.2, 0) is 13.0 Å². The van der Waals surface area contributed by atoms with Crippen molar-refractivity contribution in [3.05, 3.63) is 34.9 Å². The molecule has 1 amide bonds. The summed E-state index contributed by atoms with van der Waals surface area (Å²) < 4.78 is 0. The van der Waals surface area contributed by atoms with Crippen molar-refractivity contribution in [3.63, 3.8) is 0 Å². The molecule has 0 saturated heterocycles. The monoisotopic (exact) mass is 262 g/mol. The molecule has 0 bridgehead atoms. The van der Waals surface area contributed by atoms with Crippen LogP contribution in [0.3, 0.4) is 0 Å². The van der Waals surface area contributed by atoms with Gasteiger partial charge in [-0.15, -0.1) is 0 Å². The summed E-state index contributed by atoms with van der Waals surface area (Å²) in [6, 6.07) is 5.66. The van der Waals surface area contributed by atoms with E-state index >= 15 is 0 Å². The fraction of sp³-hybridized carbons (Fsp3) is 0.533. The normalized spacial score (nSPS) is 16.0. The highest BCUT2D eigenvalue weighted by Gasteiger charge is 2.17. The predicted octanol–water partition coefficient (Wildman–Crippen LogP) is 1.08. The third kappa shape index (κ3) is 3.33. The molecule has 1 aromatic carbocycles. The number of carbonyl (C=O) groups excluding carboxylic acids is 1. The molecule has 19 heavy (non-hydrogen) atoms. The van der Waals surface area contributed by atoms with Gasteiger partial charge >= 0.3 is 0 Å². The van der Waals surface area contributed by atoms with Crippen LogP contribution >= 0.6 is 0 Å². The van der Waals surface area contributed by atoms with E-state index in [-0.39, 0.29) is 24.5 Å². The number of aliphatic hydroxyl groups is 1. The van der Waals surface area contributed by atoms with E-state index in [0.29, 0.717) is 5.56 Å². The van der Waals surface area contributed by atoms with Gasteiger partial charge in [-0.25, -0.2) is 0 Å². The molecule has 0 saturated carbocycles. The molecule has 3 N–H and O–H groups in total. The molecule has 4 nitrogen and oxygen atoms in total. The van der Waals surface area contributed by atoms with Crippen molar-refractivity contribution in [2.45, 2.75) is 32.9 Å². The lowest BCUT2D eigenvalue weighted by Crippen LogP contribution is -2.41. The van der Waals surface area contributed by atoms with Gasteiger partial charge in [0.05, 0.1) is 12.6 Å². The average molecular weight is 262 g/mol. The van der Waals surface area contributed by atoms with Gasteiger partial charge in [-0.2, -0.15) is 0 Å². The molecule has 1 atom stereocenters. The smallest absolute Gasteiger partial charge is 0.251 e. The van der Waals surface area contributed by atoms with Crippen LogP contribution in [0.2, 0.25) is 0 Å². The Morgan fingerprint density at radius 1 is 1.42 bits per heavy atom. The summed E-state index contributed by atoms with van der Waals surface area (Å²) >= 11 is 0.